The van der Waals surface area contributed by atoms with Crippen LogP contribution in [-0.2, 0) is 16.1 Å². The first-order valence-corrected chi connectivity index (χ1v) is 8.30. The minimum absolute atomic E-state index is 0.103. The Balaban J connectivity index is 1.74. The Labute approximate surface area is 149 Å². The van der Waals surface area contributed by atoms with Gasteiger partial charge in [0.15, 0.2) is 0 Å². The third-order valence-electron chi connectivity index (χ3n) is 3.90. The van der Waals surface area contributed by atoms with Crippen LogP contribution in [0.25, 0.3) is 0 Å². The van der Waals surface area contributed by atoms with E-state index >= 15 is 0 Å². The fraction of sp³-hybridized carbons (Fsp3) is 0.300. The maximum Gasteiger partial charge on any atom is 0.238 e. The molecular formula is C20H25N3O2. The topological polar surface area (TPSA) is 61.4 Å². The maximum absolute atomic E-state index is 12.0. The van der Waals surface area contributed by atoms with Crippen molar-refractivity contribution in [2.45, 2.75) is 20.4 Å². The van der Waals surface area contributed by atoms with Crippen LogP contribution in [0.15, 0.2) is 48.5 Å². The van der Waals surface area contributed by atoms with Crippen molar-refractivity contribution in [1.29, 1.82) is 0 Å². The third-order valence-corrected chi connectivity index (χ3v) is 3.90. The normalized spacial score (nSPS) is 10.6. The van der Waals surface area contributed by atoms with Gasteiger partial charge in [0, 0.05) is 12.2 Å². The Hall–Kier alpha value is -2.66. The van der Waals surface area contributed by atoms with E-state index in [1.807, 2.05) is 62.4 Å². The zero-order valence-electron chi connectivity index (χ0n) is 15.0. The van der Waals surface area contributed by atoms with Gasteiger partial charge in [-0.1, -0.05) is 42.0 Å². The number of nitrogens with zero attached hydrogens (tertiary/aromatic N) is 1. The molecule has 2 N–H and O–H groups in total. The second kappa shape index (κ2) is 8.99. The van der Waals surface area contributed by atoms with E-state index in [0.29, 0.717) is 6.54 Å². The smallest absolute Gasteiger partial charge is 0.238 e. The largest absolute Gasteiger partial charge is 0.351 e. The van der Waals surface area contributed by atoms with E-state index < -0.39 is 0 Å². The van der Waals surface area contributed by atoms with Crippen molar-refractivity contribution in [2.75, 3.05) is 25.5 Å². The van der Waals surface area contributed by atoms with Crippen molar-refractivity contribution in [1.82, 2.24) is 10.2 Å². The van der Waals surface area contributed by atoms with Gasteiger partial charge >= 0.3 is 0 Å². The van der Waals surface area contributed by atoms with Gasteiger partial charge in [-0.25, -0.2) is 0 Å². The van der Waals surface area contributed by atoms with Crippen LogP contribution in [0.2, 0.25) is 0 Å². The van der Waals surface area contributed by atoms with Crippen molar-refractivity contribution in [3.63, 3.8) is 0 Å². The molecule has 0 unspecified atom stereocenters. The Morgan fingerprint density at radius 1 is 0.920 bits per heavy atom. The van der Waals surface area contributed by atoms with Gasteiger partial charge in [-0.15, -0.1) is 0 Å². The fourth-order valence-electron chi connectivity index (χ4n) is 2.44. The lowest BCUT2D eigenvalue weighted by Gasteiger charge is -2.16. The fourth-order valence-corrected chi connectivity index (χ4v) is 2.44. The molecule has 0 saturated heterocycles. The number of carbonyl (C=O) groups excluding carboxylic acids is 2. The predicted octanol–water partition coefficient (Wildman–Crippen LogP) is 2.49. The van der Waals surface area contributed by atoms with E-state index in [1.165, 1.54) is 0 Å². The van der Waals surface area contributed by atoms with Gasteiger partial charge in [-0.2, -0.15) is 0 Å². The molecule has 2 aromatic carbocycles. The molecule has 25 heavy (non-hydrogen) atoms. The van der Waals surface area contributed by atoms with Crippen molar-refractivity contribution < 1.29 is 9.59 Å². The molecule has 0 spiro atoms. The Morgan fingerprint density at radius 2 is 1.56 bits per heavy atom. The van der Waals surface area contributed by atoms with Gasteiger partial charge in [0.1, 0.15) is 0 Å². The zero-order chi connectivity index (χ0) is 18.2. The number of benzene rings is 2. The molecule has 2 aromatic rings. The third kappa shape index (κ3) is 6.39. The number of amides is 2. The van der Waals surface area contributed by atoms with Crippen molar-refractivity contribution in [3.05, 3.63) is 65.2 Å². The van der Waals surface area contributed by atoms with Crippen LogP contribution in [0.1, 0.15) is 16.7 Å². The molecule has 5 nitrogen and oxygen atoms in total. The van der Waals surface area contributed by atoms with E-state index in [-0.39, 0.29) is 24.9 Å². The molecule has 5 heteroatoms. The average molecular weight is 339 g/mol. The van der Waals surface area contributed by atoms with Gasteiger partial charge in [-0.3, -0.25) is 14.5 Å². The number of nitrogens with one attached hydrogen (secondary N) is 2. The molecule has 0 aliphatic rings. The first-order valence-electron chi connectivity index (χ1n) is 8.30. The minimum atomic E-state index is -0.141. The summed E-state index contributed by atoms with van der Waals surface area (Å²) in [5, 5.41) is 5.71. The van der Waals surface area contributed by atoms with Crippen LogP contribution >= 0.6 is 0 Å². The lowest BCUT2D eigenvalue weighted by atomic mass is 10.1. The molecular weight excluding hydrogens is 314 g/mol. The predicted molar refractivity (Wildman–Crippen MR) is 100 cm³/mol. The molecule has 0 bridgehead atoms. The molecule has 0 aliphatic heterocycles. The van der Waals surface area contributed by atoms with Crippen molar-refractivity contribution in [2.24, 2.45) is 0 Å². The molecule has 2 amide bonds. The summed E-state index contributed by atoms with van der Waals surface area (Å²) in [6.07, 6.45) is 0. The number of hydrogen-bond donors (Lipinski definition) is 2. The molecule has 2 rings (SSSR count). The van der Waals surface area contributed by atoms with E-state index in [0.717, 1.165) is 22.4 Å². The van der Waals surface area contributed by atoms with Crippen LogP contribution in [0, 0.1) is 13.8 Å². The van der Waals surface area contributed by atoms with Gasteiger partial charge in [0.05, 0.1) is 13.1 Å². The van der Waals surface area contributed by atoms with Crippen molar-refractivity contribution >= 4 is 17.5 Å². The first-order chi connectivity index (χ1) is 11.9. The van der Waals surface area contributed by atoms with Crippen LogP contribution in [0.5, 0.6) is 0 Å². The summed E-state index contributed by atoms with van der Waals surface area (Å²) in [7, 11) is 1.75. The van der Waals surface area contributed by atoms with Gasteiger partial charge in [0.25, 0.3) is 0 Å². The Morgan fingerprint density at radius 3 is 2.24 bits per heavy atom. The highest BCUT2D eigenvalue weighted by Crippen LogP contribution is 2.08. The summed E-state index contributed by atoms with van der Waals surface area (Å²) in [6, 6.07) is 15.6. The molecule has 0 atom stereocenters. The van der Waals surface area contributed by atoms with Gasteiger partial charge < -0.3 is 10.6 Å². The highest BCUT2D eigenvalue weighted by Gasteiger charge is 2.11. The monoisotopic (exact) mass is 339 g/mol. The Kier molecular flexibility index (Phi) is 6.71. The van der Waals surface area contributed by atoms with E-state index in [9.17, 15) is 9.59 Å². The van der Waals surface area contributed by atoms with Crippen LogP contribution < -0.4 is 10.6 Å². The first kappa shape index (κ1) is 18.7. The van der Waals surface area contributed by atoms with Crippen LogP contribution in [0.4, 0.5) is 5.69 Å². The molecule has 0 aromatic heterocycles. The van der Waals surface area contributed by atoms with Crippen molar-refractivity contribution in [3.8, 4) is 0 Å². The van der Waals surface area contributed by atoms with Crippen LogP contribution in [-0.4, -0.2) is 36.9 Å². The number of carbonyl (C=O) groups is 2. The number of hydrogen-bond acceptors (Lipinski definition) is 3. The molecule has 0 fully saturated rings. The summed E-state index contributed by atoms with van der Waals surface area (Å²) in [4.78, 5) is 25.8. The second-order valence-corrected chi connectivity index (χ2v) is 6.29. The minimum Gasteiger partial charge on any atom is -0.351 e. The summed E-state index contributed by atoms with van der Waals surface area (Å²) in [6.45, 7) is 4.84. The summed E-state index contributed by atoms with van der Waals surface area (Å²) < 4.78 is 0. The van der Waals surface area contributed by atoms with Gasteiger partial charge in [0.2, 0.25) is 11.8 Å². The second-order valence-electron chi connectivity index (χ2n) is 6.29. The summed E-state index contributed by atoms with van der Waals surface area (Å²) in [5.74, 6) is -0.244. The summed E-state index contributed by atoms with van der Waals surface area (Å²) >= 11 is 0. The molecule has 0 aliphatic carbocycles. The standard InChI is InChI=1S/C20H25N3O2/c1-15-8-10-18(11-9-15)22-20(25)14-23(3)13-19(24)21-12-17-7-5-4-6-16(17)2/h4-11H,12-14H2,1-3H3,(H,21,24)(H,22,25). The highest BCUT2D eigenvalue weighted by atomic mass is 16.2. The van der Waals surface area contributed by atoms with E-state index in [4.69, 9.17) is 0 Å². The van der Waals surface area contributed by atoms with E-state index in [2.05, 4.69) is 10.6 Å². The SMILES string of the molecule is Cc1ccc(NC(=O)CN(C)CC(=O)NCc2ccccc2C)cc1. The number of rotatable bonds is 7. The lowest BCUT2D eigenvalue weighted by molar-refractivity contribution is -0.123. The number of likely N-dealkylation sites (N-methyl/N-ethyl adjacent to an activating group) is 1. The van der Waals surface area contributed by atoms with E-state index in [1.54, 1.807) is 11.9 Å². The molecule has 132 valence electrons. The highest BCUT2D eigenvalue weighted by molar-refractivity contribution is 5.92. The quantitative estimate of drug-likeness (QED) is 0.815. The van der Waals surface area contributed by atoms with Crippen LogP contribution in [0.3, 0.4) is 0 Å². The zero-order valence-corrected chi connectivity index (χ0v) is 15.0. The lowest BCUT2D eigenvalue weighted by Crippen LogP contribution is -2.38. The molecule has 0 radical (unpaired) electrons. The molecule has 0 saturated carbocycles. The molecule has 0 heterocycles. The number of aryl methyl sites for hydroxylation is 2. The number of anilines is 1. The Bertz CT molecular complexity index is 726. The summed E-state index contributed by atoms with van der Waals surface area (Å²) in [5.41, 5.74) is 4.14. The average Bonchev–Trinajstić information content (AvgIpc) is 2.56. The maximum atomic E-state index is 12.0. The van der Waals surface area contributed by atoms with Gasteiger partial charge in [-0.05, 0) is 44.2 Å².